The van der Waals surface area contributed by atoms with Crippen LogP contribution in [0.1, 0.15) is 46.5 Å². The summed E-state index contributed by atoms with van der Waals surface area (Å²) in [7, 11) is 0. The van der Waals surface area contributed by atoms with Gasteiger partial charge in [-0.3, -0.25) is 0 Å². The van der Waals surface area contributed by atoms with Crippen LogP contribution in [-0.2, 0) is 0 Å². The predicted octanol–water partition coefficient (Wildman–Crippen LogP) is 3.28. The molecule has 2 unspecified atom stereocenters. The summed E-state index contributed by atoms with van der Waals surface area (Å²) in [5.74, 6) is 3.49. The zero-order valence-electron chi connectivity index (χ0n) is 9.38. The van der Waals surface area contributed by atoms with Crippen LogP contribution in [0.5, 0.6) is 0 Å². The average molecular weight is 203 g/mol. The van der Waals surface area contributed by atoms with Gasteiger partial charge in [0.1, 0.15) is 0 Å². The summed E-state index contributed by atoms with van der Waals surface area (Å²) in [6, 6.07) is 0.434. The second-order valence-corrected chi connectivity index (χ2v) is 5.05. The molecule has 1 nitrogen and oxygen atoms in total. The fourth-order valence-electron chi connectivity index (χ4n) is 1.05. The summed E-state index contributed by atoms with van der Waals surface area (Å²) in [6.07, 6.45) is 4.91. The molecule has 2 heteroatoms. The molecule has 0 saturated carbocycles. The Bertz CT molecular complexity index is 94.3. The van der Waals surface area contributed by atoms with E-state index >= 15 is 0 Å². The molecule has 0 aliphatic rings. The number of hydrogen-bond donors (Lipinski definition) is 1. The molecule has 0 spiro atoms. The molecule has 0 saturated heterocycles. The van der Waals surface area contributed by atoms with Gasteiger partial charge in [-0.15, -0.1) is 0 Å². The first-order valence-electron chi connectivity index (χ1n) is 5.54. The molecule has 80 valence electrons. The maximum absolute atomic E-state index is 5.83. The van der Waals surface area contributed by atoms with E-state index in [0.29, 0.717) is 6.04 Å². The first-order valence-corrected chi connectivity index (χ1v) is 6.69. The molecule has 0 amide bonds. The lowest BCUT2D eigenvalue weighted by Gasteiger charge is -2.09. The fourth-order valence-corrected chi connectivity index (χ4v) is 2.23. The van der Waals surface area contributed by atoms with Crippen molar-refractivity contribution in [2.45, 2.75) is 52.5 Å². The van der Waals surface area contributed by atoms with Gasteiger partial charge < -0.3 is 5.73 Å². The van der Waals surface area contributed by atoms with Crippen molar-refractivity contribution in [1.29, 1.82) is 0 Å². The highest BCUT2D eigenvalue weighted by molar-refractivity contribution is 7.99. The fraction of sp³-hybridized carbons (Fsp3) is 1.00. The van der Waals surface area contributed by atoms with Crippen LogP contribution < -0.4 is 5.73 Å². The first-order chi connectivity index (χ1) is 6.20. The van der Waals surface area contributed by atoms with Crippen molar-refractivity contribution in [3.8, 4) is 0 Å². The molecular formula is C11H25NS. The molecule has 0 aliphatic heterocycles. The van der Waals surface area contributed by atoms with Gasteiger partial charge in [0.2, 0.25) is 0 Å². The molecule has 0 bridgehead atoms. The molecule has 0 aromatic rings. The topological polar surface area (TPSA) is 26.0 Å². The van der Waals surface area contributed by atoms with Gasteiger partial charge in [0.15, 0.2) is 0 Å². The van der Waals surface area contributed by atoms with Crippen molar-refractivity contribution in [2.75, 3.05) is 11.5 Å². The lowest BCUT2D eigenvalue weighted by Crippen LogP contribution is -2.18. The second-order valence-electron chi connectivity index (χ2n) is 3.90. The molecular weight excluding hydrogens is 178 g/mol. The van der Waals surface area contributed by atoms with E-state index in [2.05, 4.69) is 32.5 Å². The van der Waals surface area contributed by atoms with Crippen LogP contribution >= 0.6 is 11.8 Å². The van der Waals surface area contributed by atoms with Crippen molar-refractivity contribution < 1.29 is 0 Å². The highest BCUT2D eigenvalue weighted by Gasteiger charge is 2.00. The second kappa shape index (κ2) is 8.89. The van der Waals surface area contributed by atoms with E-state index in [0.717, 1.165) is 12.3 Å². The minimum atomic E-state index is 0.434. The average Bonchev–Trinajstić information content (AvgIpc) is 2.16. The largest absolute Gasteiger partial charge is 0.328 e. The normalized spacial score (nSPS) is 15.7. The van der Waals surface area contributed by atoms with E-state index in [4.69, 9.17) is 5.73 Å². The number of thioether (sulfide) groups is 1. The predicted molar refractivity (Wildman–Crippen MR) is 64.3 cm³/mol. The van der Waals surface area contributed by atoms with Crippen LogP contribution in [0.4, 0.5) is 0 Å². The molecule has 0 radical (unpaired) electrons. The number of rotatable bonds is 8. The van der Waals surface area contributed by atoms with E-state index in [9.17, 15) is 0 Å². The zero-order valence-corrected chi connectivity index (χ0v) is 10.2. The molecule has 2 atom stereocenters. The van der Waals surface area contributed by atoms with Crippen molar-refractivity contribution in [1.82, 2.24) is 0 Å². The summed E-state index contributed by atoms with van der Waals surface area (Å²) in [5, 5.41) is 0. The molecule has 0 aromatic heterocycles. The number of hydrogen-bond acceptors (Lipinski definition) is 2. The highest BCUT2D eigenvalue weighted by atomic mass is 32.2. The van der Waals surface area contributed by atoms with Crippen molar-refractivity contribution >= 4 is 11.8 Å². The Morgan fingerprint density at radius 3 is 2.46 bits per heavy atom. The summed E-state index contributed by atoms with van der Waals surface area (Å²) in [6.45, 7) is 6.75. The third-order valence-corrected chi connectivity index (χ3v) is 3.87. The molecule has 0 rings (SSSR count). The summed E-state index contributed by atoms with van der Waals surface area (Å²) in [4.78, 5) is 0. The molecule has 2 N–H and O–H groups in total. The highest BCUT2D eigenvalue weighted by Crippen LogP contribution is 2.13. The van der Waals surface area contributed by atoms with Crippen molar-refractivity contribution in [2.24, 2.45) is 11.7 Å². The zero-order chi connectivity index (χ0) is 10.1. The molecule has 0 aromatic carbocycles. The maximum Gasteiger partial charge on any atom is 0.00364 e. The Hall–Kier alpha value is 0.310. The van der Waals surface area contributed by atoms with Crippen LogP contribution in [0, 0.1) is 5.92 Å². The quantitative estimate of drug-likeness (QED) is 0.613. The summed E-state index contributed by atoms with van der Waals surface area (Å²) in [5.41, 5.74) is 5.83. The standard InChI is InChI=1S/C11H25NS/c1-4-10(3)9-13-8-6-7-11(12)5-2/h10-11H,4-9,12H2,1-3H3. The summed E-state index contributed by atoms with van der Waals surface area (Å²) >= 11 is 2.08. The Balaban J connectivity index is 3.08. The van der Waals surface area contributed by atoms with Crippen molar-refractivity contribution in [3.05, 3.63) is 0 Å². The third-order valence-electron chi connectivity index (χ3n) is 2.49. The Morgan fingerprint density at radius 1 is 1.23 bits per heavy atom. The van der Waals surface area contributed by atoms with Crippen LogP contribution in [0.15, 0.2) is 0 Å². The van der Waals surface area contributed by atoms with Gasteiger partial charge in [-0.25, -0.2) is 0 Å². The molecule has 0 aliphatic carbocycles. The monoisotopic (exact) mass is 203 g/mol. The van der Waals surface area contributed by atoms with Gasteiger partial charge in [0, 0.05) is 6.04 Å². The smallest absolute Gasteiger partial charge is 0.00364 e. The lowest BCUT2D eigenvalue weighted by molar-refractivity contribution is 0.588. The minimum Gasteiger partial charge on any atom is -0.328 e. The lowest BCUT2D eigenvalue weighted by atomic mass is 10.1. The van der Waals surface area contributed by atoms with E-state index in [-0.39, 0.29) is 0 Å². The Kier molecular flexibility index (Phi) is 9.10. The van der Waals surface area contributed by atoms with Gasteiger partial charge in [-0.2, -0.15) is 11.8 Å². The first kappa shape index (κ1) is 13.3. The van der Waals surface area contributed by atoms with E-state index in [1.807, 2.05) is 0 Å². The molecule has 0 heterocycles. The SMILES string of the molecule is CCC(C)CSCCCC(N)CC. The minimum absolute atomic E-state index is 0.434. The van der Waals surface area contributed by atoms with E-state index in [1.165, 1.54) is 30.8 Å². The van der Waals surface area contributed by atoms with Crippen LogP contribution in [0.3, 0.4) is 0 Å². The van der Waals surface area contributed by atoms with Gasteiger partial charge >= 0.3 is 0 Å². The Morgan fingerprint density at radius 2 is 1.92 bits per heavy atom. The Labute approximate surface area is 87.9 Å². The maximum atomic E-state index is 5.83. The summed E-state index contributed by atoms with van der Waals surface area (Å²) < 4.78 is 0. The number of nitrogens with two attached hydrogens (primary N) is 1. The van der Waals surface area contributed by atoms with Gasteiger partial charge in [-0.05, 0) is 36.7 Å². The molecule has 0 fully saturated rings. The van der Waals surface area contributed by atoms with Gasteiger partial charge in [0.25, 0.3) is 0 Å². The van der Waals surface area contributed by atoms with E-state index in [1.54, 1.807) is 0 Å². The third kappa shape index (κ3) is 8.63. The van der Waals surface area contributed by atoms with Gasteiger partial charge in [0.05, 0.1) is 0 Å². The molecule has 13 heavy (non-hydrogen) atoms. The van der Waals surface area contributed by atoms with Crippen LogP contribution in [0.2, 0.25) is 0 Å². The van der Waals surface area contributed by atoms with Crippen LogP contribution in [-0.4, -0.2) is 17.5 Å². The van der Waals surface area contributed by atoms with Gasteiger partial charge in [-0.1, -0.05) is 27.2 Å². The van der Waals surface area contributed by atoms with Crippen molar-refractivity contribution in [3.63, 3.8) is 0 Å². The van der Waals surface area contributed by atoms with Crippen LogP contribution in [0.25, 0.3) is 0 Å². The van der Waals surface area contributed by atoms with E-state index < -0.39 is 0 Å².